The van der Waals surface area contributed by atoms with Crippen LogP contribution in [0.5, 0.6) is 0 Å². The van der Waals surface area contributed by atoms with Crippen LogP contribution in [0.25, 0.3) is 10.6 Å². The van der Waals surface area contributed by atoms with Crippen molar-refractivity contribution < 1.29 is 4.79 Å². The molecule has 22 heavy (non-hydrogen) atoms. The molecule has 3 aromatic heterocycles. The predicted molar refractivity (Wildman–Crippen MR) is 85.5 cm³/mol. The Morgan fingerprint density at radius 3 is 2.73 bits per heavy atom. The molecule has 1 amide bonds. The molecule has 1 N–H and O–H groups in total. The number of carbonyl (C=O) groups is 1. The number of amides is 1. The molecule has 0 aromatic carbocycles. The number of nitrogens with one attached hydrogen (secondary N) is 1. The van der Waals surface area contributed by atoms with Gasteiger partial charge in [0, 0.05) is 36.9 Å². The van der Waals surface area contributed by atoms with Crippen molar-refractivity contribution in [3.8, 4) is 10.6 Å². The average molecular weight is 310 g/mol. The van der Waals surface area contributed by atoms with Gasteiger partial charge in [0.05, 0.1) is 5.69 Å². The largest absolute Gasteiger partial charge is 0.347 e. The number of rotatable bonds is 4. The summed E-state index contributed by atoms with van der Waals surface area (Å²) in [4.78, 5) is 25.4. The fourth-order valence-electron chi connectivity index (χ4n) is 1.99. The lowest BCUT2D eigenvalue weighted by Crippen LogP contribution is -2.22. The maximum atomic E-state index is 12.3. The zero-order valence-corrected chi connectivity index (χ0v) is 12.8. The third-order valence-electron chi connectivity index (χ3n) is 3.11. The van der Waals surface area contributed by atoms with Crippen LogP contribution < -0.4 is 5.32 Å². The van der Waals surface area contributed by atoms with E-state index in [-0.39, 0.29) is 5.91 Å². The van der Waals surface area contributed by atoms with Crippen LogP contribution in [-0.2, 0) is 6.54 Å². The minimum Gasteiger partial charge on any atom is -0.347 e. The highest BCUT2D eigenvalue weighted by Gasteiger charge is 2.15. The van der Waals surface area contributed by atoms with E-state index in [1.807, 2.05) is 31.2 Å². The fourth-order valence-corrected chi connectivity index (χ4v) is 2.98. The molecule has 0 aliphatic rings. The Balaban J connectivity index is 1.74. The van der Waals surface area contributed by atoms with Gasteiger partial charge in [-0.1, -0.05) is 6.07 Å². The van der Waals surface area contributed by atoms with Gasteiger partial charge in [-0.25, -0.2) is 4.98 Å². The zero-order valence-electron chi connectivity index (χ0n) is 12.0. The molecule has 3 heterocycles. The van der Waals surface area contributed by atoms with Crippen LogP contribution >= 0.6 is 11.3 Å². The van der Waals surface area contributed by atoms with Crippen LogP contribution in [0.15, 0.2) is 49.1 Å². The number of hydrogen-bond acceptors (Lipinski definition) is 5. The Hall–Kier alpha value is -2.60. The van der Waals surface area contributed by atoms with Crippen molar-refractivity contribution in [2.24, 2.45) is 0 Å². The maximum absolute atomic E-state index is 12.3. The number of pyridine rings is 2. The van der Waals surface area contributed by atoms with E-state index in [4.69, 9.17) is 0 Å². The highest BCUT2D eigenvalue weighted by Crippen LogP contribution is 2.27. The Morgan fingerprint density at radius 2 is 2.00 bits per heavy atom. The number of hydrogen-bond donors (Lipinski definition) is 1. The average Bonchev–Trinajstić information content (AvgIpc) is 2.96. The molecule has 6 heteroatoms. The molecule has 3 aromatic rings. The van der Waals surface area contributed by atoms with Crippen molar-refractivity contribution in [2.45, 2.75) is 13.5 Å². The first-order chi connectivity index (χ1) is 10.7. The Bertz CT molecular complexity index is 771. The standard InChI is InChI=1S/C16H14N4OS/c1-11-14(15(21)19-10-12-3-2-6-18-9-12)22-16(20-11)13-4-7-17-8-5-13/h2-9H,10H2,1H3,(H,19,21). The van der Waals surface area contributed by atoms with Crippen molar-refractivity contribution in [3.05, 3.63) is 65.2 Å². The second-order valence-electron chi connectivity index (χ2n) is 4.71. The summed E-state index contributed by atoms with van der Waals surface area (Å²) in [5.74, 6) is -0.112. The normalized spacial score (nSPS) is 10.4. The van der Waals surface area contributed by atoms with E-state index >= 15 is 0 Å². The van der Waals surface area contributed by atoms with Gasteiger partial charge in [-0.15, -0.1) is 11.3 Å². The molecule has 5 nitrogen and oxygen atoms in total. The molecule has 0 aliphatic heterocycles. The quantitative estimate of drug-likeness (QED) is 0.804. The number of nitrogens with zero attached hydrogens (tertiary/aromatic N) is 3. The topological polar surface area (TPSA) is 67.8 Å². The van der Waals surface area contributed by atoms with Gasteiger partial charge in [-0.2, -0.15) is 0 Å². The minimum atomic E-state index is -0.112. The summed E-state index contributed by atoms with van der Waals surface area (Å²) >= 11 is 1.39. The number of aryl methyl sites for hydroxylation is 1. The van der Waals surface area contributed by atoms with Crippen LogP contribution in [0.1, 0.15) is 20.9 Å². The van der Waals surface area contributed by atoms with Crippen molar-refractivity contribution in [1.29, 1.82) is 0 Å². The molecular weight excluding hydrogens is 296 g/mol. The van der Waals surface area contributed by atoms with Crippen LogP contribution in [0.2, 0.25) is 0 Å². The third kappa shape index (κ3) is 3.17. The van der Waals surface area contributed by atoms with Gasteiger partial charge in [-0.05, 0) is 30.7 Å². The summed E-state index contributed by atoms with van der Waals surface area (Å²) in [6.45, 7) is 2.30. The molecule has 110 valence electrons. The molecule has 0 bridgehead atoms. The Morgan fingerprint density at radius 1 is 1.18 bits per heavy atom. The maximum Gasteiger partial charge on any atom is 0.263 e. The minimum absolute atomic E-state index is 0.112. The van der Waals surface area contributed by atoms with Crippen LogP contribution in [0.3, 0.4) is 0 Å². The summed E-state index contributed by atoms with van der Waals surface area (Å²) in [6, 6.07) is 7.54. The summed E-state index contributed by atoms with van der Waals surface area (Å²) < 4.78 is 0. The molecule has 0 fully saturated rings. The Kier molecular flexibility index (Phi) is 4.20. The van der Waals surface area contributed by atoms with E-state index in [9.17, 15) is 4.79 Å². The first-order valence-corrected chi connectivity index (χ1v) is 7.60. The highest BCUT2D eigenvalue weighted by atomic mass is 32.1. The SMILES string of the molecule is Cc1nc(-c2ccncc2)sc1C(=O)NCc1cccnc1. The molecule has 0 atom stereocenters. The third-order valence-corrected chi connectivity index (χ3v) is 4.31. The first-order valence-electron chi connectivity index (χ1n) is 6.79. The number of aromatic nitrogens is 3. The molecule has 0 unspecified atom stereocenters. The van der Waals surface area contributed by atoms with Crippen molar-refractivity contribution >= 4 is 17.2 Å². The van der Waals surface area contributed by atoms with Crippen molar-refractivity contribution in [2.75, 3.05) is 0 Å². The molecular formula is C16H14N4OS. The second-order valence-corrected chi connectivity index (χ2v) is 5.71. The molecule has 0 radical (unpaired) electrons. The van der Waals surface area contributed by atoms with Crippen LogP contribution in [0.4, 0.5) is 0 Å². The molecule has 0 spiro atoms. The smallest absolute Gasteiger partial charge is 0.263 e. The Labute approximate surface area is 132 Å². The predicted octanol–water partition coefficient (Wildman–Crippen LogP) is 2.84. The van der Waals surface area contributed by atoms with Crippen molar-refractivity contribution in [3.63, 3.8) is 0 Å². The second kappa shape index (κ2) is 6.44. The van der Waals surface area contributed by atoms with E-state index < -0.39 is 0 Å². The molecule has 0 saturated heterocycles. The van der Waals surface area contributed by atoms with Gasteiger partial charge in [0.25, 0.3) is 5.91 Å². The van der Waals surface area contributed by atoms with E-state index in [1.165, 1.54) is 11.3 Å². The van der Waals surface area contributed by atoms with Gasteiger partial charge in [0.1, 0.15) is 9.88 Å². The van der Waals surface area contributed by atoms with Crippen molar-refractivity contribution in [1.82, 2.24) is 20.3 Å². The van der Waals surface area contributed by atoms with Gasteiger partial charge in [-0.3, -0.25) is 14.8 Å². The molecule has 3 rings (SSSR count). The van der Waals surface area contributed by atoms with Crippen LogP contribution in [0, 0.1) is 6.92 Å². The molecule has 0 saturated carbocycles. The first kappa shape index (κ1) is 14.3. The monoisotopic (exact) mass is 310 g/mol. The summed E-state index contributed by atoms with van der Waals surface area (Å²) in [6.07, 6.45) is 6.88. The number of carbonyl (C=O) groups excluding carboxylic acids is 1. The molecule has 0 aliphatic carbocycles. The summed E-state index contributed by atoms with van der Waals surface area (Å²) in [5.41, 5.74) is 2.67. The van der Waals surface area contributed by atoms with Crippen LogP contribution in [-0.4, -0.2) is 20.9 Å². The zero-order chi connectivity index (χ0) is 15.4. The summed E-state index contributed by atoms with van der Waals surface area (Å²) in [5, 5.41) is 3.73. The fraction of sp³-hybridized carbons (Fsp3) is 0.125. The van der Waals surface area contributed by atoms with Gasteiger partial charge < -0.3 is 5.32 Å². The highest BCUT2D eigenvalue weighted by molar-refractivity contribution is 7.17. The van der Waals surface area contributed by atoms with E-state index in [1.54, 1.807) is 24.8 Å². The summed E-state index contributed by atoms with van der Waals surface area (Å²) in [7, 11) is 0. The lowest BCUT2D eigenvalue weighted by atomic mass is 10.3. The number of thiazole rings is 1. The van der Waals surface area contributed by atoms with E-state index in [0.717, 1.165) is 21.8 Å². The van der Waals surface area contributed by atoms with Gasteiger partial charge >= 0.3 is 0 Å². The lowest BCUT2D eigenvalue weighted by molar-refractivity contribution is 0.0954. The van der Waals surface area contributed by atoms with Gasteiger partial charge in [0.2, 0.25) is 0 Å². The van der Waals surface area contributed by atoms with E-state index in [2.05, 4.69) is 20.3 Å². The van der Waals surface area contributed by atoms with E-state index in [0.29, 0.717) is 11.4 Å². The van der Waals surface area contributed by atoms with Gasteiger partial charge in [0.15, 0.2) is 0 Å². The lowest BCUT2D eigenvalue weighted by Gasteiger charge is -2.03.